The Bertz CT molecular complexity index is 487. The van der Waals surface area contributed by atoms with E-state index in [0.29, 0.717) is 6.54 Å². The van der Waals surface area contributed by atoms with Crippen molar-refractivity contribution in [2.45, 2.75) is 25.7 Å². The molecule has 104 valence electrons. The van der Waals surface area contributed by atoms with E-state index in [-0.39, 0.29) is 11.3 Å². The Balaban J connectivity index is 2.22. The van der Waals surface area contributed by atoms with Gasteiger partial charge in [0.1, 0.15) is 5.75 Å². The second kappa shape index (κ2) is 5.11. The summed E-state index contributed by atoms with van der Waals surface area (Å²) in [7, 11) is 3.80. The highest BCUT2D eigenvalue weighted by Gasteiger charge is 2.37. The van der Waals surface area contributed by atoms with Crippen LogP contribution < -0.4 is 15.0 Å². The number of ether oxygens (including phenoxy) is 1. The van der Waals surface area contributed by atoms with Crippen molar-refractivity contribution >= 4 is 11.6 Å². The lowest BCUT2D eigenvalue weighted by Crippen LogP contribution is -2.33. The van der Waals surface area contributed by atoms with Gasteiger partial charge in [0.25, 0.3) is 0 Å². The Morgan fingerprint density at radius 2 is 2.26 bits per heavy atom. The third-order valence-corrected chi connectivity index (χ3v) is 3.90. The summed E-state index contributed by atoms with van der Waals surface area (Å²) in [6.07, 6.45) is 0.928. The van der Waals surface area contributed by atoms with Crippen LogP contribution in [-0.4, -0.2) is 33.2 Å². The number of nitrogens with zero attached hydrogens (tertiary/aromatic N) is 1. The molecule has 1 N–H and O–H groups in total. The molecule has 0 spiro atoms. The standard InChI is InChI=1S/C15H22N2O2/c1-11(18)16-8-7-15(2)10-17(3)14-6-5-12(19-4)9-13(14)15/h5-6,9H,7-8,10H2,1-4H3,(H,16,18). The van der Waals surface area contributed by atoms with E-state index < -0.39 is 0 Å². The molecule has 0 fully saturated rings. The summed E-state index contributed by atoms with van der Waals surface area (Å²) in [5.41, 5.74) is 2.62. The summed E-state index contributed by atoms with van der Waals surface area (Å²) in [4.78, 5) is 13.3. The molecule has 0 saturated carbocycles. The minimum absolute atomic E-state index is 0.0285. The van der Waals surface area contributed by atoms with Crippen LogP contribution in [0.2, 0.25) is 0 Å². The molecule has 0 aliphatic carbocycles. The van der Waals surface area contributed by atoms with Gasteiger partial charge in [-0.1, -0.05) is 6.92 Å². The Morgan fingerprint density at radius 3 is 2.89 bits per heavy atom. The SMILES string of the molecule is COc1ccc2c(c1)C(C)(CCNC(C)=O)CN2C. The number of fused-ring (bicyclic) bond motifs is 1. The number of rotatable bonds is 4. The number of benzene rings is 1. The first kappa shape index (κ1) is 13.7. The molecule has 1 amide bonds. The van der Waals surface area contributed by atoms with Gasteiger partial charge in [-0.25, -0.2) is 0 Å². The normalized spacial score (nSPS) is 21.2. The number of likely N-dealkylation sites (N-methyl/N-ethyl adjacent to an activating group) is 1. The number of methoxy groups -OCH3 is 1. The van der Waals surface area contributed by atoms with Crippen LogP contribution in [0.5, 0.6) is 5.75 Å². The first-order chi connectivity index (χ1) is 8.96. The van der Waals surface area contributed by atoms with E-state index in [9.17, 15) is 4.79 Å². The number of carbonyl (C=O) groups is 1. The van der Waals surface area contributed by atoms with Crippen LogP contribution in [-0.2, 0) is 10.2 Å². The smallest absolute Gasteiger partial charge is 0.216 e. The molecule has 19 heavy (non-hydrogen) atoms. The maximum Gasteiger partial charge on any atom is 0.216 e. The highest BCUT2D eigenvalue weighted by Crippen LogP contribution is 2.43. The van der Waals surface area contributed by atoms with Crippen LogP contribution in [0.3, 0.4) is 0 Å². The Kier molecular flexibility index (Phi) is 3.69. The van der Waals surface area contributed by atoms with E-state index in [0.717, 1.165) is 18.7 Å². The number of anilines is 1. The Labute approximate surface area is 114 Å². The van der Waals surface area contributed by atoms with Crippen molar-refractivity contribution in [2.75, 3.05) is 32.1 Å². The van der Waals surface area contributed by atoms with E-state index >= 15 is 0 Å². The number of hydrogen-bond donors (Lipinski definition) is 1. The van der Waals surface area contributed by atoms with Crippen molar-refractivity contribution in [1.82, 2.24) is 5.32 Å². The summed E-state index contributed by atoms with van der Waals surface area (Å²) in [6, 6.07) is 6.22. The minimum Gasteiger partial charge on any atom is -0.497 e. The van der Waals surface area contributed by atoms with Crippen molar-refractivity contribution < 1.29 is 9.53 Å². The van der Waals surface area contributed by atoms with Gasteiger partial charge in [0, 0.05) is 38.2 Å². The highest BCUT2D eigenvalue weighted by atomic mass is 16.5. The van der Waals surface area contributed by atoms with E-state index in [4.69, 9.17) is 4.74 Å². The van der Waals surface area contributed by atoms with Crippen molar-refractivity contribution in [1.29, 1.82) is 0 Å². The van der Waals surface area contributed by atoms with E-state index in [2.05, 4.69) is 36.3 Å². The fraction of sp³-hybridized carbons (Fsp3) is 0.533. The zero-order chi connectivity index (χ0) is 14.0. The van der Waals surface area contributed by atoms with Gasteiger partial charge < -0.3 is 15.0 Å². The van der Waals surface area contributed by atoms with Crippen molar-refractivity contribution in [3.05, 3.63) is 23.8 Å². The quantitative estimate of drug-likeness (QED) is 0.901. The molecular weight excluding hydrogens is 240 g/mol. The molecule has 0 bridgehead atoms. The molecule has 4 heteroatoms. The fourth-order valence-electron chi connectivity index (χ4n) is 2.88. The summed E-state index contributed by atoms with van der Waals surface area (Å²) in [6.45, 7) is 5.47. The lowest BCUT2D eigenvalue weighted by molar-refractivity contribution is -0.119. The average Bonchev–Trinajstić information content (AvgIpc) is 2.61. The largest absolute Gasteiger partial charge is 0.497 e. The molecule has 1 aliphatic heterocycles. The number of hydrogen-bond acceptors (Lipinski definition) is 3. The van der Waals surface area contributed by atoms with Crippen molar-refractivity contribution in [3.63, 3.8) is 0 Å². The molecule has 0 radical (unpaired) electrons. The van der Waals surface area contributed by atoms with Crippen LogP contribution in [0.25, 0.3) is 0 Å². The monoisotopic (exact) mass is 262 g/mol. The van der Waals surface area contributed by atoms with Crippen LogP contribution in [0.15, 0.2) is 18.2 Å². The second-order valence-corrected chi connectivity index (χ2v) is 5.53. The highest BCUT2D eigenvalue weighted by molar-refractivity contribution is 5.72. The third-order valence-electron chi connectivity index (χ3n) is 3.90. The van der Waals surface area contributed by atoms with Gasteiger partial charge in [0.05, 0.1) is 7.11 Å². The number of amides is 1. The molecular formula is C15H22N2O2. The first-order valence-corrected chi connectivity index (χ1v) is 6.60. The molecule has 1 heterocycles. The number of nitrogens with one attached hydrogen (secondary N) is 1. The van der Waals surface area contributed by atoms with Gasteiger partial charge in [-0.2, -0.15) is 0 Å². The maximum atomic E-state index is 11.0. The topological polar surface area (TPSA) is 41.6 Å². The second-order valence-electron chi connectivity index (χ2n) is 5.53. The lowest BCUT2D eigenvalue weighted by atomic mass is 9.81. The van der Waals surface area contributed by atoms with Gasteiger partial charge in [-0.05, 0) is 30.2 Å². The lowest BCUT2D eigenvalue weighted by Gasteiger charge is -2.25. The molecule has 0 saturated heterocycles. The summed E-state index contributed by atoms with van der Waals surface area (Å²) >= 11 is 0. The van der Waals surface area contributed by atoms with Gasteiger partial charge in [0.15, 0.2) is 0 Å². The summed E-state index contributed by atoms with van der Waals surface area (Å²) in [5.74, 6) is 0.917. The molecule has 1 atom stereocenters. The number of carbonyl (C=O) groups excluding carboxylic acids is 1. The van der Waals surface area contributed by atoms with E-state index in [1.165, 1.54) is 11.3 Å². The predicted octanol–water partition coefficient (Wildman–Crippen LogP) is 1.93. The van der Waals surface area contributed by atoms with E-state index in [1.807, 2.05) is 6.07 Å². The van der Waals surface area contributed by atoms with Gasteiger partial charge in [0.2, 0.25) is 5.91 Å². The van der Waals surface area contributed by atoms with Crippen molar-refractivity contribution in [3.8, 4) is 5.75 Å². The van der Waals surface area contributed by atoms with Gasteiger partial charge in [-0.15, -0.1) is 0 Å². The Hall–Kier alpha value is -1.71. The van der Waals surface area contributed by atoms with E-state index in [1.54, 1.807) is 14.0 Å². The minimum atomic E-state index is 0.0285. The van der Waals surface area contributed by atoms with Crippen LogP contribution in [0, 0.1) is 0 Å². The zero-order valence-electron chi connectivity index (χ0n) is 12.1. The molecule has 4 nitrogen and oxygen atoms in total. The molecule has 0 aromatic heterocycles. The molecule has 1 aromatic carbocycles. The van der Waals surface area contributed by atoms with Crippen molar-refractivity contribution in [2.24, 2.45) is 0 Å². The summed E-state index contributed by atoms with van der Waals surface area (Å²) < 4.78 is 5.32. The molecule has 2 rings (SSSR count). The Morgan fingerprint density at radius 1 is 1.53 bits per heavy atom. The average molecular weight is 262 g/mol. The predicted molar refractivity (Wildman–Crippen MR) is 76.9 cm³/mol. The molecule has 1 aromatic rings. The first-order valence-electron chi connectivity index (χ1n) is 6.60. The summed E-state index contributed by atoms with van der Waals surface area (Å²) in [5, 5.41) is 2.88. The van der Waals surface area contributed by atoms with Crippen LogP contribution >= 0.6 is 0 Å². The van der Waals surface area contributed by atoms with Crippen LogP contribution in [0.4, 0.5) is 5.69 Å². The fourth-order valence-corrected chi connectivity index (χ4v) is 2.88. The molecule has 1 aliphatic rings. The zero-order valence-corrected chi connectivity index (χ0v) is 12.1. The molecule has 1 unspecified atom stereocenters. The van der Waals surface area contributed by atoms with Gasteiger partial charge in [-0.3, -0.25) is 4.79 Å². The maximum absolute atomic E-state index is 11.0. The third kappa shape index (κ3) is 2.67. The van der Waals surface area contributed by atoms with Crippen LogP contribution in [0.1, 0.15) is 25.8 Å². The van der Waals surface area contributed by atoms with Gasteiger partial charge >= 0.3 is 0 Å².